The van der Waals surface area contributed by atoms with Gasteiger partial charge in [0.25, 0.3) is 5.91 Å². The Bertz CT molecular complexity index is 203. The molecule has 0 heterocycles. The summed E-state index contributed by atoms with van der Waals surface area (Å²) in [4.78, 5) is 20.7. The maximum Gasteiger partial charge on any atom is 0.288 e. The maximum atomic E-state index is 10.4. The number of primary amides is 1. The fourth-order valence-electron chi connectivity index (χ4n) is 0.301. The van der Waals surface area contributed by atoms with Crippen LogP contribution in [-0.2, 0) is 9.59 Å². The van der Waals surface area contributed by atoms with Crippen LogP contribution in [0.15, 0.2) is 5.16 Å². The lowest BCUT2D eigenvalue weighted by Gasteiger charge is -1.98. The molecule has 11 heavy (non-hydrogen) atoms. The number of amidine groups is 1. The van der Waals surface area contributed by atoms with Crippen molar-refractivity contribution in [1.29, 1.82) is 0 Å². The van der Waals surface area contributed by atoms with E-state index in [2.05, 4.69) is 10.9 Å². The molecule has 7 heteroatoms. The molecule has 0 aliphatic heterocycles. The highest BCUT2D eigenvalue weighted by Crippen LogP contribution is 1.76. The quantitative estimate of drug-likeness (QED) is 0.152. The third-order valence-corrected chi connectivity index (χ3v) is 0.955. The summed E-state index contributed by atoms with van der Waals surface area (Å²) in [5.74, 6) is -2.67. The van der Waals surface area contributed by atoms with E-state index in [4.69, 9.17) is 16.8 Å². The van der Waals surface area contributed by atoms with Crippen LogP contribution in [0, 0.1) is 0 Å². The zero-order valence-corrected chi connectivity index (χ0v) is 6.13. The standard InChI is InChI=1S/C4H6ClN3O3/c5-1-2(9)7-4(8-11)3(6)10/h11H,1H2,(H2,6,10)(H,7,8,9). The van der Waals surface area contributed by atoms with Gasteiger partial charge in [0.15, 0.2) is 0 Å². The molecule has 0 aromatic heterocycles. The van der Waals surface area contributed by atoms with Crippen molar-refractivity contribution in [3.8, 4) is 0 Å². The minimum absolute atomic E-state index is 0.341. The van der Waals surface area contributed by atoms with Crippen LogP contribution >= 0.6 is 11.6 Å². The lowest BCUT2D eigenvalue weighted by atomic mass is 10.5. The fraction of sp³-hybridized carbons (Fsp3) is 0.250. The van der Waals surface area contributed by atoms with Crippen molar-refractivity contribution in [1.82, 2.24) is 5.32 Å². The van der Waals surface area contributed by atoms with Crippen LogP contribution in [0.2, 0.25) is 0 Å². The number of nitrogens with two attached hydrogens (primary N) is 1. The van der Waals surface area contributed by atoms with Gasteiger partial charge in [-0.1, -0.05) is 5.16 Å². The highest BCUT2D eigenvalue weighted by atomic mass is 35.5. The average molecular weight is 180 g/mol. The number of carbonyl (C=O) groups excluding carboxylic acids is 2. The van der Waals surface area contributed by atoms with E-state index in [1.165, 1.54) is 0 Å². The Morgan fingerprint density at radius 2 is 2.18 bits per heavy atom. The van der Waals surface area contributed by atoms with Crippen LogP contribution in [0.4, 0.5) is 0 Å². The lowest BCUT2D eigenvalue weighted by molar-refractivity contribution is -0.119. The van der Waals surface area contributed by atoms with E-state index < -0.39 is 17.6 Å². The van der Waals surface area contributed by atoms with Gasteiger partial charge in [0.1, 0.15) is 5.88 Å². The maximum absolute atomic E-state index is 10.4. The monoisotopic (exact) mass is 179 g/mol. The first-order valence-corrected chi connectivity index (χ1v) is 3.03. The van der Waals surface area contributed by atoms with Crippen LogP contribution in [0.3, 0.4) is 0 Å². The zero-order valence-electron chi connectivity index (χ0n) is 5.37. The van der Waals surface area contributed by atoms with Crippen molar-refractivity contribution in [3.05, 3.63) is 0 Å². The van der Waals surface area contributed by atoms with Gasteiger partial charge in [0.05, 0.1) is 0 Å². The van der Waals surface area contributed by atoms with Gasteiger partial charge in [-0.15, -0.1) is 11.6 Å². The molecule has 0 unspecified atom stereocenters. The number of oxime groups is 1. The second-order valence-electron chi connectivity index (χ2n) is 1.49. The number of nitrogens with one attached hydrogen (secondary N) is 1. The first-order chi connectivity index (χ1) is 5.11. The van der Waals surface area contributed by atoms with Crippen LogP contribution in [0.5, 0.6) is 0 Å². The largest absolute Gasteiger partial charge is 0.409 e. The number of hydrogen-bond donors (Lipinski definition) is 3. The molecule has 0 fully saturated rings. The molecule has 0 atom stereocenters. The van der Waals surface area contributed by atoms with E-state index in [1.54, 1.807) is 0 Å². The van der Waals surface area contributed by atoms with Gasteiger partial charge in [-0.05, 0) is 0 Å². The molecule has 0 bridgehead atoms. The molecule has 62 valence electrons. The third-order valence-electron chi connectivity index (χ3n) is 0.713. The predicted octanol–water partition coefficient (Wildman–Crippen LogP) is -1.39. The van der Waals surface area contributed by atoms with Crippen molar-refractivity contribution in [3.63, 3.8) is 0 Å². The number of hydrogen-bond acceptors (Lipinski definition) is 4. The summed E-state index contributed by atoms with van der Waals surface area (Å²) >= 11 is 5.06. The van der Waals surface area contributed by atoms with Crippen LogP contribution < -0.4 is 11.1 Å². The minimum atomic E-state index is -1.04. The van der Waals surface area contributed by atoms with Crippen molar-refractivity contribution in [2.45, 2.75) is 0 Å². The van der Waals surface area contributed by atoms with E-state index >= 15 is 0 Å². The van der Waals surface area contributed by atoms with Crippen LogP contribution in [-0.4, -0.2) is 28.7 Å². The van der Waals surface area contributed by atoms with Gasteiger partial charge in [-0.2, -0.15) is 0 Å². The first kappa shape index (κ1) is 9.70. The Kier molecular flexibility index (Phi) is 3.97. The number of alkyl halides is 1. The molecule has 6 nitrogen and oxygen atoms in total. The highest BCUT2D eigenvalue weighted by Gasteiger charge is 2.10. The Morgan fingerprint density at radius 3 is 2.45 bits per heavy atom. The van der Waals surface area contributed by atoms with Crippen molar-refractivity contribution >= 4 is 29.3 Å². The van der Waals surface area contributed by atoms with Gasteiger partial charge >= 0.3 is 0 Å². The molecule has 0 aromatic rings. The summed E-state index contributed by atoms with van der Waals surface area (Å²) in [6.45, 7) is 0. The Balaban J connectivity index is 4.12. The third kappa shape index (κ3) is 3.41. The van der Waals surface area contributed by atoms with Gasteiger partial charge in [-0.3, -0.25) is 9.59 Å². The van der Waals surface area contributed by atoms with Crippen LogP contribution in [0.25, 0.3) is 0 Å². The number of halogens is 1. The van der Waals surface area contributed by atoms with Crippen molar-refractivity contribution < 1.29 is 14.8 Å². The smallest absolute Gasteiger partial charge is 0.288 e. The molecule has 0 rings (SSSR count). The molecule has 2 amide bonds. The first-order valence-electron chi connectivity index (χ1n) is 2.49. The molecule has 0 saturated carbocycles. The highest BCUT2D eigenvalue weighted by molar-refractivity contribution is 6.41. The average Bonchev–Trinajstić information content (AvgIpc) is 1.99. The molecule has 0 radical (unpaired) electrons. The van der Waals surface area contributed by atoms with Gasteiger partial charge in [0, 0.05) is 0 Å². The van der Waals surface area contributed by atoms with Crippen molar-refractivity contribution in [2.75, 3.05) is 5.88 Å². The number of nitrogens with zero attached hydrogens (tertiary/aromatic N) is 1. The molecule has 0 aliphatic carbocycles. The van der Waals surface area contributed by atoms with Gasteiger partial charge in [-0.25, -0.2) is 0 Å². The zero-order chi connectivity index (χ0) is 8.85. The molecular formula is C4H6ClN3O3. The number of rotatable bonds is 1. The molecule has 0 aromatic carbocycles. The summed E-state index contributed by atoms with van der Waals surface area (Å²) in [7, 11) is 0. The molecule has 0 saturated heterocycles. The number of carbonyl (C=O) groups is 2. The van der Waals surface area contributed by atoms with Crippen molar-refractivity contribution in [2.24, 2.45) is 10.9 Å². The molecular weight excluding hydrogens is 174 g/mol. The van der Waals surface area contributed by atoms with E-state index in [1.807, 2.05) is 5.32 Å². The Labute approximate surface area is 67.0 Å². The summed E-state index contributed by atoms with van der Waals surface area (Å²) in [5.41, 5.74) is 4.66. The second kappa shape index (κ2) is 4.51. The van der Waals surface area contributed by atoms with Gasteiger partial charge in [0.2, 0.25) is 11.7 Å². The Hall–Kier alpha value is -1.30. The van der Waals surface area contributed by atoms with E-state index in [0.717, 1.165) is 0 Å². The molecule has 0 aliphatic rings. The van der Waals surface area contributed by atoms with E-state index in [9.17, 15) is 9.59 Å². The summed E-state index contributed by atoms with van der Waals surface area (Å²) in [6.07, 6.45) is 0. The summed E-state index contributed by atoms with van der Waals surface area (Å²) < 4.78 is 0. The topological polar surface area (TPSA) is 105 Å². The molecule has 4 N–H and O–H groups in total. The summed E-state index contributed by atoms with van der Waals surface area (Å²) in [5, 5.41) is 12.4. The van der Waals surface area contributed by atoms with Gasteiger partial charge < -0.3 is 16.3 Å². The van der Waals surface area contributed by atoms with E-state index in [-0.39, 0.29) is 5.88 Å². The normalized spacial score (nSPS) is 10.8. The minimum Gasteiger partial charge on any atom is -0.409 e. The van der Waals surface area contributed by atoms with Crippen LogP contribution in [0.1, 0.15) is 0 Å². The Morgan fingerprint density at radius 1 is 1.64 bits per heavy atom. The fourth-order valence-corrected chi connectivity index (χ4v) is 0.368. The molecule has 0 spiro atoms. The second-order valence-corrected chi connectivity index (χ2v) is 1.76. The number of amides is 2. The van der Waals surface area contributed by atoms with E-state index in [0.29, 0.717) is 0 Å². The lowest BCUT2D eigenvalue weighted by Crippen LogP contribution is -2.40. The predicted molar refractivity (Wildman–Crippen MR) is 37.3 cm³/mol. The SMILES string of the molecule is NC(=O)C(=NO)NC(=O)CCl. The summed E-state index contributed by atoms with van der Waals surface area (Å²) in [6, 6.07) is 0.